The number of carbonyl (C=O) groups is 3. The number of hydrogen-bond donors (Lipinski definition) is 0. The molecule has 1 saturated carbocycles. The lowest BCUT2D eigenvalue weighted by Gasteiger charge is -2.30. The zero-order chi connectivity index (χ0) is 24.7. The van der Waals surface area contributed by atoms with E-state index in [0.29, 0.717) is 29.7 Å². The Kier molecular flexibility index (Phi) is 6.51. The summed E-state index contributed by atoms with van der Waals surface area (Å²) >= 11 is 0. The summed E-state index contributed by atoms with van der Waals surface area (Å²) in [5.74, 6) is -0.445. The van der Waals surface area contributed by atoms with Gasteiger partial charge in [0.05, 0.1) is 27.3 Å². The molecule has 180 valence electrons. The predicted octanol–water partition coefficient (Wildman–Crippen LogP) is 4.62. The molecule has 1 fully saturated rings. The first-order valence-electron chi connectivity index (χ1n) is 11.8. The fourth-order valence-electron chi connectivity index (χ4n) is 4.77. The molecule has 1 heterocycles. The minimum atomic E-state index is -3.17. The van der Waals surface area contributed by atoms with E-state index in [2.05, 4.69) is 0 Å². The van der Waals surface area contributed by atoms with Crippen molar-refractivity contribution in [3.8, 4) is 0 Å². The molecule has 1 aliphatic heterocycles. The van der Waals surface area contributed by atoms with Crippen molar-refractivity contribution in [2.45, 2.75) is 57.6 Å². The van der Waals surface area contributed by atoms with Crippen LogP contribution in [0.15, 0.2) is 48.5 Å². The number of hydrogen-bond acceptors (Lipinski definition) is 5. The monoisotopic (exact) mass is 481 g/mol. The van der Waals surface area contributed by atoms with Crippen molar-refractivity contribution >= 4 is 33.1 Å². The Morgan fingerprint density at radius 2 is 1.53 bits per heavy atom. The standard InChI is InChI=1S/C27H31NO5S/c1-27(2,3)34(32,33)17-18-9-12-20(13-10-18)24(29)16-19-11-14-22-23(15-19)26(31)28(25(22)30)21-7-5-4-6-8-21/h4-8,11,14-15,18,20H,9-10,12-13,16-17H2,1-3H3. The summed E-state index contributed by atoms with van der Waals surface area (Å²) in [6, 6.07) is 13.9. The Morgan fingerprint density at radius 3 is 2.15 bits per heavy atom. The number of ketones is 1. The van der Waals surface area contributed by atoms with Crippen LogP contribution in [-0.4, -0.2) is 36.5 Å². The van der Waals surface area contributed by atoms with Crippen LogP contribution in [0.5, 0.6) is 0 Å². The van der Waals surface area contributed by atoms with Crippen LogP contribution in [-0.2, 0) is 21.1 Å². The fraction of sp³-hybridized carbons (Fsp3) is 0.444. The Labute approximate surface area is 201 Å². The maximum atomic E-state index is 13.0. The molecule has 7 heteroatoms. The molecule has 6 nitrogen and oxygen atoms in total. The first-order chi connectivity index (χ1) is 16.0. The number of sulfone groups is 1. The van der Waals surface area contributed by atoms with Crippen molar-refractivity contribution in [3.63, 3.8) is 0 Å². The minimum absolute atomic E-state index is 0.0972. The van der Waals surface area contributed by atoms with E-state index in [1.54, 1.807) is 63.2 Å². The number of para-hydroxylation sites is 1. The molecule has 0 radical (unpaired) electrons. The van der Waals surface area contributed by atoms with Crippen LogP contribution in [0.25, 0.3) is 0 Å². The molecule has 2 aromatic rings. The van der Waals surface area contributed by atoms with E-state index in [-0.39, 0.29) is 41.6 Å². The molecule has 0 saturated heterocycles. The van der Waals surface area contributed by atoms with Crippen LogP contribution in [0.1, 0.15) is 72.7 Å². The summed E-state index contributed by atoms with van der Waals surface area (Å²) < 4.78 is 24.3. The highest BCUT2D eigenvalue weighted by atomic mass is 32.2. The molecule has 0 atom stereocenters. The lowest BCUT2D eigenvalue weighted by Crippen LogP contribution is -2.35. The molecule has 0 N–H and O–H groups in total. The van der Waals surface area contributed by atoms with Gasteiger partial charge in [-0.25, -0.2) is 13.3 Å². The second-order valence-electron chi connectivity index (χ2n) is 10.4. The maximum absolute atomic E-state index is 13.0. The summed E-state index contributed by atoms with van der Waals surface area (Å²) in [4.78, 5) is 39.9. The topological polar surface area (TPSA) is 88.6 Å². The van der Waals surface area contributed by atoms with Crippen molar-refractivity contribution in [2.24, 2.45) is 11.8 Å². The second-order valence-corrected chi connectivity index (χ2v) is 13.2. The van der Waals surface area contributed by atoms with Crippen molar-refractivity contribution < 1.29 is 22.8 Å². The molecule has 0 spiro atoms. The quantitative estimate of drug-likeness (QED) is 0.562. The lowest BCUT2D eigenvalue weighted by molar-refractivity contribution is -0.123. The Hall–Kier alpha value is -2.80. The van der Waals surface area contributed by atoms with E-state index in [9.17, 15) is 22.8 Å². The number of nitrogens with zero attached hydrogens (tertiary/aromatic N) is 1. The number of benzene rings is 2. The number of rotatable bonds is 6. The Bertz CT molecular complexity index is 1220. The summed E-state index contributed by atoms with van der Waals surface area (Å²) in [7, 11) is -3.17. The minimum Gasteiger partial charge on any atom is -0.299 e. The van der Waals surface area contributed by atoms with Gasteiger partial charge >= 0.3 is 0 Å². The van der Waals surface area contributed by atoms with Crippen molar-refractivity contribution in [1.82, 2.24) is 0 Å². The van der Waals surface area contributed by atoms with E-state index in [1.165, 1.54) is 4.90 Å². The van der Waals surface area contributed by atoms with Crippen LogP contribution >= 0.6 is 0 Å². The first kappa shape index (κ1) is 24.3. The third-order valence-electron chi connectivity index (χ3n) is 7.03. The van der Waals surface area contributed by atoms with E-state index in [4.69, 9.17) is 0 Å². The average molecular weight is 482 g/mol. The van der Waals surface area contributed by atoms with Gasteiger partial charge in [-0.3, -0.25) is 14.4 Å². The molecule has 4 rings (SSSR count). The Balaban J connectivity index is 1.39. The largest absolute Gasteiger partial charge is 0.299 e. The van der Waals surface area contributed by atoms with Gasteiger partial charge in [0.2, 0.25) is 0 Å². The van der Waals surface area contributed by atoms with E-state index in [0.717, 1.165) is 18.4 Å². The zero-order valence-corrected chi connectivity index (χ0v) is 20.7. The van der Waals surface area contributed by atoms with Gasteiger partial charge in [-0.05, 0) is 82.2 Å². The van der Waals surface area contributed by atoms with Crippen LogP contribution in [0, 0.1) is 11.8 Å². The van der Waals surface area contributed by atoms with Gasteiger partial charge in [-0.2, -0.15) is 0 Å². The highest BCUT2D eigenvalue weighted by Crippen LogP contribution is 2.34. The second kappa shape index (κ2) is 9.10. The van der Waals surface area contributed by atoms with Gasteiger partial charge in [-0.1, -0.05) is 24.3 Å². The van der Waals surface area contributed by atoms with Gasteiger partial charge in [0, 0.05) is 12.3 Å². The van der Waals surface area contributed by atoms with Crippen molar-refractivity contribution in [1.29, 1.82) is 0 Å². The van der Waals surface area contributed by atoms with Crippen molar-refractivity contribution in [2.75, 3.05) is 10.7 Å². The molecule has 1 aliphatic carbocycles. The number of carbonyl (C=O) groups excluding carboxylic acids is 3. The van der Waals surface area contributed by atoms with Gasteiger partial charge in [-0.15, -0.1) is 0 Å². The predicted molar refractivity (Wildman–Crippen MR) is 132 cm³/mol. The molecule has 2 amide bonds. The van der Waals surface area contributed by atoms with Crippen molar-refractivity contribution in [3.05, 3.63) is 65.2 Å². The molecular weight excluding hydrogens is 450 g/mol. The molecule has 0 unspecified atom stereocenters. The molecule has 34 heavy (non-hydrogen) atoms. The van der Waals surface area contributed by atoms with Gasteiger partial charge in [0.15, 0.2) is 9.84 Å². The third kappa shape index (κ3) is 4.71. The van der Waals surface area contributed by atoms with Gasteiger partial charge in [0.1, 0.15) is 5.78 Å². The molecule has 2 aromatic carbocycles. The number of fused-ring (bicyclic) bond motifs is 1. The van der Waals surface area contributed by atoms with E-state index in [1.807, 2.05) is 6.07 Å². The molecule has 0 bridgehead atoms. The van der Waals surface area contributed by atoms with Crippen LogP contribution in [0.3, 0.4) is 0 Å². The summed E-state index contributed by atoms with van der Waals surface area (Å²) in [5, 5.41) is 0. The number of Topliss-reactive ketones (excluding diaryl/α,β-unsaturated/α-hetero) is 1. The van der Waals surface area contributed by atoms with Gasteiger partial charge < -0.3 is 0 Å². The highest BCUT2D eigenvalue weighted by molar-refractivity contribution is 7.92. The lowest BCUT2D eigenvalue weighted by atomic mass is 9.79. The normalized spacial score (nSPS) is 21.0. The van der Waals surface area contributed by atoms with Crippen LogP contribution in [0.2, 0.25) is 0 Å². The number of imide groups is 1. The SMILES string of the molecule is CC(C)(C)S(=O)(=O)CC1CCC(C(=O)Cc2ccc3c(c2)C(=O)N(c2ccccc2)C3=O)CC1. The fourth-order valence-corrected chi connectivity index (χ4v) is 6.22. The summed E-state index contributed by atoms with van der Waals surface area (Å²) in [5.41, 5.74) is 1.93. The summed E-state index contributed by atoms with van der Waals surface area (Å²) in [6.45, 7) is 5.18. The maximum Gasteiger partial charge on any atom is 0.266 e. The van der Waals surface area contributed by atoms with Crippen LogP contribution in [0.4, 0.5) is 5.69 Å². The Morgan fingerprint density at radius 1 is 0.912 bits per heavy atom. The van der Waals surface area contributed by atoms with Gasteiger partial charge in [0.25, 0.3) is 11.8 Å². The number of amides is 2. The molecule has 2 aliphatic rings. The molecule has 0 aromatic heterocycles. The third-order valence-corrected chi connectivity index (χ3v) is 9.81. The van der Waals surface area contributed by atoms with E-state index < -0.39 is 14.6 Å². The van der Waals surface area contributed by atoms with E-state index >= 15 is 0 Å². The zero-order valence-electron chi connectivity index (χ0n) is 19.9. The number of anilines is 1. The first-order valence-corrected chi connectivity index (χ1v) is 13.4. The highest BCUT2D eigenvalue weighted by Gasteiger charge is 2.37. The summed E-state index contributed by atoms with van der Waals surface area (Å²) in [6.07, 6.45) is 3.04. The average Bonchev–Trinajstić information content (AvgIpc) is 3.03. The smallest absolute Gasteiger partial charge is 0.266 e. The van der Waals surface area contributed by atoms with Crippen LogP contribution < -0.4 is 4.90 Å². The molecular formula is C27H31NO5S.